The third-order valence-corrected chi connectivity index (χ3v) is 4.51. The summed E-state index contributed by atoms with van der Waals surface area (Å²) in [5, 5.41) is 4.87. The van der Waals surface area contributed by atoms with Crippen LogP contribution in [0.2, 0.25) is 0 Å². The summed E-state index contributed by atoms with van der Waals surface area (Å²) in [6.07, 6.45) is 2.43. The van der Waals surface area contributed by atoms with Gasteiger partial charge in [0.2, 0.25) is 0 Å². The van der Waals surface area contributed by atoms with Gasteiger partial charge in [-0.3, -0.25) is 0 Å². The fourth-order valence-corrected chi connectivity index (χ4v) is 2.93. The second-order valence-corrected chi connectivity index (χ2v) is 6.33. The zero-order valence-corrected chi connectivity index (χ0v) is 15.4. The van der Waals surface area contributed by atoms with Crippen molar-refractivity contribution in [3.05, 3.63) is 48.3 Å². The van der Waals surface area contributed by atoms with Crippen molar-refractivity contribution < 1.29 is 13.7 Å². The third-order valence-electron chi connectivity index (χ3n) is 4.51. The van der Waals surface area contributed by atoms with Crippen molar-refractivity contribution in [1.82, 2.24) is 10.1 Å². The van der Waals surface area contributed by atoms with Gasteiger partial charge in [-0.05, 0) is 55.9 Å². The van der Waals surface area contributed by atoms with Gasteiger partial charge in [-0.25, -0.2) is 4.39 Å². The van der Waals surface area contributed by atoms with Gasteiger partial charge in [0.05, 0.1) is 0 Å². The van der Waals surface area contributed by atoms with E-state index in [-0.39, 0.29) is 5.82 Å². The lowest BCUT2D eigenvalue weighted by molar-refractivity contribution is 0.213. The normalized spacial score (nSPS) is 11.4. The number of aromatic nitrogens is 1. The molecule has 1 heterocycles. The molecule has 1 aromatic heterocycles. The molecule has 0 fully saturated rings. The zero-order chi connectivity index (χ0) is 18.4. The lowest BCUT2D eigenvalue weighted by Crippen LogP contribution is -2.29. The van der Waals surface area contributed by atoms with Crippen molar-refractivity contribution >= 4 is 11.0 Å². The van der Waals surface area contributed by atoms with Gasteiger partial charge in [-0.15, -0.1) is 0 Å². The Morgan fingerprint density at radius 3 is 2.62 bits per heavy atom. The monoisotopic (exact) mass is 356 g/mol. The lowest BCUT2D eigenvalue weighted by atomic mass is 10.1. The molecule has 3 aromatic rings. The summed E-state index contributed by atoms with van der Waals surface area (Å²) in [6.45, 7) is 8.15. The first-order chi connectivity index (χ1) is 12.7. The van der Waals surface area contributed by atoms with Gasteiger partial charge in [-0.2, -0.15) is 0 Å². The third kappa shape index (κ3) is 4.41. The number of benzene rings is 2. The fraction of sp³-hybridized carbons (Fsp3) is 0.381. The molecule has 0 saturated heterocycles. The summed E-state index contributed by atoms with van der Waals surface area (Å²) in [5.41, 5.74) is 2.08. The Bertz CT molecular complexity index is 830. The molecule has 2 aromatic carbocycles. The topological polar surface area (TPSA) is 38.5 Å². The maximum absolute atomic E-state index is 13.3. The highest BCUT2D eigenvalue weighted by Crippen LogP contribution is 2.29. The highest BCUT2D eigenvalue weighted by atomic mass is 19.1. The van der Waals surface area contributed by atoms with E-state index in [1.54, 1.807) is 6.07 Å². The zero-order valence-electron chi connectivity index (χ0n) is 15.4. The average Bonchev–Trinajstić information content (AvgIpc) is 3.08. The van der Waals surface area contributed by atoms with Crippen LogP contribution < -0.4 is 4.74 Å². The van der Waals surface area contributed by atoms with Crippen LogP contribution in [0.1, 0.15) is 26.7 Å². The number of unbranched alkanes of at least 4 members (excludes halogenated alkanes) is 1. The SMILES string of the molecule is CCCCN(CC)CCOc1ccc(-c2noc3cc(F)ccc23)cc1. The molecular weight excluding hydrogens is 331 g/mol. The van der Waals surface area contributed by atoms with E-state index in [4.69, 9.17) is 9.26 Å². The van der Waals surface area contributed by atoms with Crippen molar-refractivity contribution in [2.45, 2.75) is 26.7 Å². The van der Waals surface area contributed by atoms with Gasteiger partial charge in [0, 0.05) is 23.6 Å². The van der Waals surface area contributed by atoms with Crippen molar-refractivity contribution in [2.24, 2.45) is 0 Å². The predicted octanol–water partition coefficient (Wildman–Crippen LogP) is 5.13. The highest BCUT2D eigenvalue weighted by molar-refractivity contribution is 5.91. The molecule has 0 spiro atoms. The number of hydrogen-bond acceptors (Lipinski definition) is 4. The molecule has 0 aliphatic heterocycles. The molecule has 0 radical (unpaired) electrons. The first kappa shape index (κ1) is 18.4. The summed E-state index contributed by atoms with van der Waals surface area (Å²) in [4.78, 5) is 2.40. The Balaban J connectivity index is 1.61. The van der Waals surface area contributed by atoms with Gasteiger partial charge < -0.3 is 14.2 Å². The number of likely N-dealkylation sites (N-methyl/N-ethyl adjacent to an activating group) is 1. The summed E-state index contributed by atoms with van der Waals surface area (Å²) in [7, 11) is 0. The molecule has 0 unspecified atom stereocenters. The van der Waals surface area contributed by atoms with Crippen molar-refractivity contribution in [3.8, 4) is 17.0 Å². The van der Waals surface area contributed by atoms with Gasteiger partial charge in [0.15, 0.2) is 5.58 Å². The Morgan fingerprint density at radius 2 is 1.88 bits per heavy atom. The molecule has 0 bridgehead atoms. The van der Waals surface area contributed by atoms with Crippen LogP contribution in [-0.2, 0) is 0 Å². The van der Waals surface area contributed by atoms with Gasteiger partial charge in [-0.1, -0.05) is 25.4 Å². The minimum Gasteiger partial charge on any atom is -0.492 e. The molecule has 5 heteroatoms. The summed E-state index contributed by atoms with van der Waals surface area (Å²) >= 11 is 0. The minimum absolute atomic E-state index is 0.330. The second-order valence-electron chi connectivity index (χ2n) is 6.33. The Morgan fingerprint density at radius 1 is 1.08 bits per heavy atom. The molecule has 0 N–H and O–H groups in total. The van der Waals surface area contributed by atoms with E-state index < -0.39 is 0 Å². The van der Waals surface area contributed by atoms with E-state index in [0.717, 1.165) is 36.3 Å². The molecule has 138 valence electrons. The van der Waals surface area contributed by atoms with Crippen LogP contribution in [0.4, 0.5) is 4.39 Å². The maximum Gasteiger partial charge on any atom is 0.170 e. The number of halogens is 1. The van der Waals surface area contributed by atoms with Crippen molar-refractivity contribution in [2.75, 3.05) is 26.2 Å². The van der Waals surface area contributed by atoms with E-state index in [0.29, 0.717) is 17.9 Å². The molecular formula is C21H25FN2O2. The molecule has 3 rings (SSSR count). The number of rotatable bonds is 9. The molecule has 0 aliphatic carbocycles. The van der Waals surface area contributed by atoms with Crippen LogP contribution in [0.15, 0.2) is 47.0 Å². The van der Waals surface area contributed by atoms with Crippen LogP contribution in [0.25, 0.3) is 22.2 Å². The van der Waals surface area contributed by atoms with Gasteiger partial charge in [0.25, 0.3) is 0 Å². The maximum atomic E-state index is 13.3. The van der Waals surface area contributed by atoms with Crippen LogP contribution in [0.5, 0.6) is 5.75 Å². The first-order valence-electron chi connectivity index (χ1n) is 9.21. The fourth-order valence-electron chi connectivity index (χ4n) is 2.93. The van der Waals surface area contributed by atoms with E-state index in [2.05, 4.69) is 23.9 Å². The predicted molar refractivity (Wildman–Crippen MR) is 102 cm³/mol. The molecule has 26 heavy (non-hydrogen) atoms. The number of fused-ring (bicyclic) bond motifs is 1. The summed E-state index contributed by atoms with van der Waals surface area (Å²) < 4.78 is 24.3. The Hall–Kier alpha value is -2.40. The van der Waals surface area contributed by atoms with Crippen LogP contribution in [0.3, 0.4) is 0 Å². The average molecular weight is 356 g/mol. The summed E-state index contributed by atoms with van der Waals surface area (Å²) in [6, 6.07) is 12.2. The van der Waals surface area contributed by atoms with Crippen LogP contribution in [-0.4, -0.2) is 36.3 Å². The van der Waals surface area contributed by atoms with Crippen molar-refractivity contribution in [1.29, 1.82) is 0 Å². The number of hydrogen-bond donors (Lipinski definition) is 0. The smallest absolute Gasteiger partial charge is 0.170 e. The molecule has 0 saturated carbocycles. The number of ether oxygens (including phenoxy) is 1. The second kappa shape index (κ2) is 8.81. The van der Waals surface area contributed by atoms with Crippen LogP contribution in [0, 0.1) is 5.82 Å². The minimum atomic E-state index is -0.330. The molecule has 0 atom stereocenters. The largest absolute Gasteiger partial charge is 0.492 e. The highest BCUT2D eigenvalue weighted by Gasteiger charge is 2.11. The van der Waals surface area contributed by atoms with Crippen LogP contribution >= 0.6 is 0 Å². The lowest BCUT2D eigenvalue weighted by Gasteiger charge is -2.20. The summed E-state index contributed by atoms with van der Waals surface area (Å²) in [5.74, 6) is 0.503. The molecule has 0 aliphatic rings. The van der Waals surface area contributed by atoms with E-state index in [1.807, 2.05) is 24.3 Å². The van der Waals surface area contributed by atoms with Crippen molar-refractivity contribution in [3.63, 3.8) is 0 Å². The Labute approximate surface area is 153 Å². The standard InChI is InChI=1S/C21H25FN2O2/c1-3-5-12-24(4-2)13-14-25-18-9-6-16(7-10-18)21-19-11-8-17(22)15-20(19)26-23-21/h6-11,15H,3-5,12-14H2,1-2H3. The molecule has 4 nitrogen and oxygen atoms in total. The van der Waals surface area contributed by atoms with E-state index in [9.17, 15) is 4.39 Å². The first-order valence-corrected chi connectivity index (χ1v) is 9.21. The van der Waals surface area contributed by atoms with Gasteiger partial charge in [0.1, 0.15) is 23.9 Å². The molecule has 0 amide bonds. The number of nitrogens with zero attached hydrogens (tertiary/aromatic N) is 2. The Kier molecular flexibility index (Phi) is 6.23. The van der Waals surface area contributed by atoms with E-state index >= 15 is 0 Å². The quantitative estimate of drug-likeness (QED) is 0.532. The van der Waals surface area contributed by atoms with Gasteiger partial charge >= 0.3 is 0 Å². The van der Waals surface area contributed by atoms with E-state index in [1.165, 1.54) is 25.0 Å².